The second kappa shape index (κ2) is 8.33. The van der Waals surface area contributed by atoms with E-state index < -0.39 is 11.8 Å². The number of imide groups is 1. The summed E-state index contributed by atoms with van der Waals surface area (Å²) in [5, 5.41) is 3.79. The van der Waals surface area contributed by atoms with Gasteiger partial charge in [-0.15, -0.1) is 0 Å². The first-order valence-electron chi connectivity index (χ1n) is 8.67. The second-order valence-electron chi connectivity index (χ2n) is 6.18. The van der Waals surface area contributed by atoms with E-state index in [1.165, 1.54) is 11.8 Å². The predicted octanol–water partition coefficient (Wildman–Crippen LogP) is 5.98. The standard InChI is InChI=1S/C22H14Cl2N2O2S/c23-14-11-15(24)13-17(12-14)26-21(27)19(25-16-7-3-1-4-8-16)20(22(26)28)29-18-9-5-2-6-10-18/h1-13,25H. The molecule has 0 radical (unpaired) electrons. The molecular formula is C22H14Cl2N2O2S. The zero-order valence-corrected chi connectivity index (χ0v) is 17.3. The molecule has 1 N–H and O–H groups in total. The zero-order valence-electron chi connectivity index (χ0n) is 14.9. The maximum Gasteiger partial charge on any atom is 0.283 e. The van der Waals surface area contributed by atoms with Crippen LogP contribution in [0.4, 0.5) is 11.4 Å². The minimum atomic E-state index is -0.462. The molecule has 144 valence electrons. The normalized spacial score (nSPS) is 13.9. The van der Waals surface area contributed by atoms with Crippen molar-refractivity contribution in [1.82, 2.24) is 0 Å². The van der Waals surface area contributed by atoms with E-state index in [4.69, 9.17) is 23.2 Å². The molecule has 3 aromatic rings. The average Bonchev–Trinajstić information content (AvgIpc) is 2.93. The third-order valence-electron chi connectivity index (χ3n) is 4.15. The van der Waals surface area contributed by atoms with Crippen LogP contribution >= 0.6 is 35.0 Å². The molecule has 0 aromatic heterocycles. The molecule has 0 aliphatic carbocycles. The Kier molecular flexibility index (Phi) is 5.62. The molecule has 0 fully saturated rings. The van der Waals surface area contributed by atoms with E-state index >= 15 is 0 Å². The molecule has 1 aliphatic heterocycles. The molecule has 29 heavy (non-hydrogen) atoms. The Morgan fingerprint density at radius 3 is 1.97 bits per heavy atom. The summed E-state index contributed by atoms with van der Waals surface area (Å²) < 4.78 is 0. The van der Waals surface area contributed by atoms with Crippen molar-refractivity contribution >= 4 is 58.2 Å². The van der Waals surface area contributed by atoms with Crippen molar-refractivity contribution in [3.63, 3.8) is 0 Å². The van der Waals surface area contributed by atoms with E-state index in [1.807, 2.05) is 60.7 Å². The van der Waals surface area contributed by atoms with Gasteiger partial charge in [-0.25, -0.2) is 4.90 Å². The van der Waals surface area contributed by atoms with Crippen LogP contribution in [0.2, 0.25) is 10.0 Å². The number of hydrogen-bond donors (Lipinski definition) is 1. The minimum absolute atomic E-state index is 0.214. The number of thioether (sulfide) groups is 1. The fourth-order valence-electron chi connectivity index (χ4n) is 2.89. The smallest absolute Gasteiger partial charge is 0.283 e. The van der Waals surface area contributed by atoms with Gasteiger partial charge in [-0.1, -0.05) is 71.4 Å². The third kappa shape index (κ3) is 4.17. The Bertz CT molecular complexity index is 1030. The van der Waals surface area contributed by atoms with Gasteiger partial charge in [-0.3, -0.25) is 9.59 Å². The van der Waals surface area contributed by atoms with Gasteiger partial charge < -0.3 is 5.32 Å². The number of nitrogens with one attached hydrogen (secondary N) is 1. The Morgan fingerprint density at radius 1 is 0.759 bits per heavy atom. The highest BCUT2D eigenvalue weighted by molar-refractivity contribution is 8.04. The van der Waals surface area contributed by atoms with Gasteiger partial charge in [0, 0.05) is 20.6 Å². The first kappa shape index (κ1) is 19.6. The van der Waals surface area contributed by atoms with Gasteiger partial charge in [0.15, 0.2) is 0 Å². The van der Waals surface area contributed by atoms with Crippen molar-refractivity contribution in [2.24, 2.45) is 0 Å². The molecule has 4 rings (SSSR count). The lowest BCUT2D eigenvalue weighted by molar-refractivity contribution is -0.120. The summed E-state index contributed by atoms with van der Waals surface area (Å²) in [4.78, 5) is 28.7. The topological polar surface area (TPSA) is 49.4 Å². The summed E-state index contributed by atoms with van der Waals surface area (Å²) >= 11 is 13.4. The second-order valence-corrected chi connectivity index (χ2v) is 8.14. The summed E-state index contributed by atoms with van der Waals surface area (Å²) in [5.41, 5.74) is 1.25. The number of hydrogen-bond acceptors (Lipinski definition) is 4. The number of benzene rings is 3. The molecule has 7 heteroatoms. The Labute approximate surface area is 182 Å². The van der Waals surface area contributed by atoms with Crippen LogP contribution in [-0.4, -0.2) is 11.8 Å². The Hall–Kier alpha value is -2.73. The van der Waals surface area contributed by atoms with Gasteiger partial charge in [-0.05, 0) is 42.5 Å². The van der Waals surface area contributed by atoms with Crippen molar-refractivity contribution in [3.05, 3.63) is 99.5 Å². The van der Waals surface area contributed by atoms with Gasteiger partial charge in [0.2, 0.25) is 0 Å². The van der Waals surface area contributed by atoms with Crippen molar-refractivity contribution in [1.29, 1.82) is 0 Å². The third-order valence-corrected chi connectivity index (χ3v) is 5.68. The Morgan fingerprint density at radius 2 is 1.34 bits per heavy atom. The van der Waals surface area contributed by atoms with Gasteiger partial charge in [0.05, 0.1) is 5.69 Å². The summed E-state index contributed by atoms with van der Waals surface area (Å²) in [6.07, 6.45) is 0. The van der Waals surface area contributed by atoms with Gasteiger partial charge in [-0.2, -0.15) is 0 Å². The molecule has 0 saturated heterocycles. The molecule has 0 unspecified atom stereocenters. The molecule has 0 atom stereocenters. The van der Waals surface area contributed by atoms with Crippen LogP contribution < -0.4 is 10.2 Å². The van der Waals surface area contributed by atoms with Crippen molar-refractivity contribution in [2.45, 2.75) is 4.90 Å². The number of anilines is 2. The van der Waals surface area contributed by atoms with E-state index in [-0.39, 0.29) is 5.70 Å². The number of rotatable bonds is 5. The highest BCUT2D eigenvalue weighted by Crippen LogP contribution is 2.38. The summed E-state index contributed by atoms with van der Waals surface area (Å²) in [6, 6.07) is 23.3. The lowest BCUT2D eigenvalue weighted by atomic mass is 10.3. The fraction of sp³-hybridized carbons (Fsp3) is 0. The lowest BCUT2D eigenvalue weighted by Gasteiger charge is -2.16. The SMILES string of the molecule is O=C1C(Nc2ccccc2)=C(Sc2ccccc2)C(=O)N1c1cc(Cl)cc(Cl)c1. The van der Waals surface area contributed by atoms with E-state index in [9.17, 15) is 9.59 Å². The average molecular weight is 441 g/mol. The fourth-order valence-corrected chi connectivity index (χ4v) is 4.35. The number of amides is 2. The van der Waals surface area contributed by atoms with Crippen LogP contribution in [0, 0.1) is 0 Å². The maximum absolute atomic E-state index is 13.2. The van der Waals surface area contributed by atoms with E-state index in [0.29, 0.717) is 26.3 Å². The van der Waals surface area contributed by atoms with E-state index in [2.05, 4.69) is 5.32 Å². The van der Waals surface area contributed by atoms with E-state index in [0.717, 1.165) is 9.80 Å². The maximum atomic E-state index is 13.2. The van der Waals surface area contributed by atoms with Gasteiger partial charge in [0.25, 0.3) is 11.8 Å². The Balaban J connectivity index is 1.76. The van der Waals surface area contributed by atoms with Crippen molar-refractivity contribution in [3.8, 4) is 0 Å². The molecule has 2 amide bonds. The molecule has 0 spiro atoms. The molecule has 1 heterocycles. The summed E-state index contributed by atoms with van der Waals surface area (Å²) in [5.74, 6) is -0.892. The number of halogens is 2. The van der Waals surface area contributed by atoms with E-state index in [1.54, 1.807) is 18.2 Å². The van der Waals surface area contributed by atoms with Gasteiger partial charge >= 0.3 is 0 Å². The van der Waals surface area contributed by atoms with Gasteiger partial charge in [0.1, 0.15) is 10.6 Å². The first-order chi connectivity index (χ1) is 14.0. The predicted molar refractivity (Wildman–Crippen MR) is 118 cm³/mol. The molecule has 0 bridgehead atoms. The summed E-state index contributed by atoms with van der Waals surface area (Å²) in [6.45, 7) is 0. The molecule has 3 aromatic carbocycles. The first-order valence-corrected chi connectivity index (χ1v) is 10.2. The van der Waals surface area contributed by atoms with Crippen LogP contribution in [0.25, 0.3) is 0 Å². The van der Waals surface area contributed by atoms with Crippen LogP contribution in [0.1, 0.15) is 0 Å². The van der Waals surface area contributed by atoms with Crippen LogP contribution in [0.15, 0.2) is 94.4 Å². The monoisotopic (exact) mass is 440 g/mol. The number of carbonyl (C=O) groups is 2. The minimum Gasteiger partial charge on any atom is -0.350 e. The lowest BCUT2D eigenvalue weighted by Crippen LogP contribution is -2.32. The summed E-state index contributed by atoms with van der Waals surface area (Å²) in [7, 11) is 0. The number of carbonyl (C=O) groups excluding carboxylic acids is 2. The molecule has 1 aliphatic rings. The number of nitrogens with zero attached hydrogens (tertiary/aromatic N) is 1. The zero-order chi connectivity index (χ0) is 20.4. The van der Waals surface area contributed by atoms with Crippen LogP contribution in [0.3, 0.4) is 0 Å². The number of para-hydroxylation sites is 1. The quantitative estimate of drug-likeness (QED) is 0.495. The molecular weight excluding hydrogens is 427 g/mol. The largest absolute Gasteiger partial charge is 0.350 e. The highest BCUT2D eigenvalue weighted by atomic mass is 35.5. The van der Waals surface area contributed by atoms with Crippen LogP contribution in [0.5, 0.6) is 0 Å². The molecule has 4 nitrogen and oxygen atoms in total. The van der Waals surface area contributed by atoms with Crippen LogP contribution in [-0.2, 0) is 9.59 Å². The van der Waals surface area contributed by atoms with Crippen molar-refractivity contribution in [2.75, 3.05) is 10.2 Å². The van der Waals surface area contributed by atoms with Crippen molar-refractivity contribution < 1.29 is 9.59 Å². The molecule has 0 saturated carbocycles. The highest BCUT2D eigenvalue weighted by Gasteiger charge is 2.40.